The Bertz CT molecular complexity index is 941. The first-order valence-corrected chi connectivity index (χ1v) is 9.63. The first-order chi connectivity index (χ1) is 12.6. The van der Waals surface area contributed by atoms with E-state index in [1.165, 1.54) is 11.1 Å². The van der Waals surface area contributed by atoms with Crippen LogP contribution in [0.2, 0.25) is 0 Å². The van der Waals surface area contributed by atoms with E-state index >= 15 is 0 Å². The highest BCUT2D eigenvalue weighted by molar-refractivity contribution is 5.76. The maximum atomic E-state index is 4.86. The minimum Gasteiger partial charge on any atom is -0.364 e. The van der Waals surface area contributed by atoms with Crippen LogP contribution in [0.25, 0.3) is 17.8 Å². The van der Waals surface area contributed by atoms with E-state index in [-0.39, 0.29) is 11.0 Å². The Kier molecular flexibility index (Phi) is 5.14. The van der Waals surface area contributed by atoms with Crippen LogP contribution in [0.3, 0.4) is 0 Å². The largest absolute Gasteiger partial charge is 0.364 e. The normalized spacial score (nSPS) is 12.8. The molecule has 3 aromatic rings. The Labute approximate surface area is 163 Å². The van der Waals surface area contributed by atoms with Crippen molar-refractivity contribution in [2.45, 2.75) is 53.5 Å². The van der Waals surface area contributed by atoms with Crippen LogP contribution in [0.5, 0.6) is 0 Å². The molecule has 2 heterocycles. The predicted octanol–water partition coefficient (Wildman–Crippen LogP) is 6.44. The molecule has 0 fully saturated rings. The molecule has 0 amide bonds. The van der Waals surface area contributed by atoms with Gasteiger partial charge in [0.2, 0.25) is 0 Å². The summed E-state index contributed by atoms with van der Waals surface area (Å²) in [6, 6.07) is 14.5. The molecule has 142 valence electrons. The molecule has 0 saturated heterocycles. The van der Waals surface area contributed by atoms with Crippen molar-refractivity contribution in [1.82, 2.24) is 9.38 Å². The van der Waals surface area contributed by atoms with Gasteiger partial charge in [-0.1, -0.05) is 63.2 Å². The SMILES string of the molecule is Cc1ccc2nc(/C=C/c3ccccc3)c(NC(C)(C)CC(C)(C)C)n2c1. The third-order valence-electron chi connectivity index (χ3n) is 4.46. The summed E-state index contributed by atoms with van der Waals surface area (Å²) in [5.74, 6) is 1.05. The van der Waals surface area contributed by atoms with E-state index in [4.69, 9.17) is 4.98 Å². The fourth-order valence-corrected chi connectivity index (χ4v) is 3.84. The van der Waals surface area contributed by atoms with Gasteiger partial charge < -0.3 is 5.32 Å². The van der Waals surface area contributed by atoms with Crippen molar-refractivity contribution in [3.05, 3.63) is 65.5 Å². The lowest BCUT2D eigenvalue weighted by atomic mass is 9.82. The van der Waals surface area contributed by atoms with E-state index in [1.54, 1.807) is 0 Å². The summed E-state index contributed by atoms with van der Waals surface area (Å²) in [6.45, 7) is 13.5. The van der Waals surface area contributed by atoms with E-state index in [9.17, 15) is 0 Å². The van der Waals surface area contributed by atoms with Crippen molar-refractivity contribution in [1.29, 1.82) is 0 Å². The van der Waals surface area contributed by atoms with Crippen LogP contribution in [0.4, 0.5) is 5.82 Å². The number of aromatic nitrogens is 2. The van der Waals surface area contributed by atoms with E-state index in [0.717, 1.165) is 23.6 Å². The minimum atomic E-state index is -0.0483. The molecular formula is C24H31N3. The molecule has 2 aromatic heterocycles. The number of nitrogens with zero attached hydrogens (tertiary/aromatic N) is 2. The van der Waals surface area contributed by atoms with Gasteiger partial charge in [0.15, 0.2) is 0 Å². The van der Waals surface area contributed by atoms with Crippen molar-refractivity contribution < 1.29 is 0 Å². The summed E-state index contributed by atoms with van der Waals surface area (Å²) in [7, 11) is 0. The van der Waals surface area contributed by atoms with Crippen molar-refractivity contribution in [3.63, 3.8) is 0 Å². The van der Waals surface area contributed by atoms with Crippen LogP contribution < -0.4 is 5.32 Å². The van der Waals surface area contributed by atoms with Gasteiger partial charge in [-0.3, -0.25) is 4.40 Å². The van der Waals surface area contributed by atoms with E-state index < -0.39 is 0 Å². The number of aryl methyl sites for hydroxylation is 1. The molecule has 3 heteroatoms. The van der Waals surface area contributed by atoms with E-state index in [2.05, 4.69) is 106 Å². The molecule has 3 nitrogen and oxygen atoms in total. The molecule has 0 spiro atoms. The molecule has 0 aliphatic rings. The lowest BCUT2D eigenvalue weighted by molar-refractivity contribution is 0.302. The zero-order chi connectivity index (χ0) is 19.7. The number of fused-ring (bicyclic) bond motifs is 1. The fourth-order valence-electron chi connectivity index (χ4n) is 3.84. The van der Waals surface area contributed by atoms with Gasteiger partial charge in [0, 0.05) is 11.7 Å². The first-order valence-electron chi connectivity index (χ1n) is 9.63. The van der Waals surface area contributed by atoms with Crippen molar-refractivity contribution in [2.24, 2.45) is 5.41 Å². The second-order valence-corrected chi connectivity index (χ2v) is 9.27. The summed E-state index contributed by atoms with van der Waals surface area (Å²) in [5.41, 5.74) is 4.51. The highest BCUT2D eigenvalue weighted by Crippen LogP contribution is 2.32. The number of anilines is 1. The number of hydrogen-bond donors (Lipinski definition) is 1. The number of rotatable bonds is 5. The van der Waals surface area contributed by atoms with Gasteiger partial charge in [-0.2, -0.15) is 0 Å². The van der Waals surface area contributed by atoms with Crippen molar-refractivity contribution >= 4 is 23.6 Å². The summed E-state index contributed by atoms with van der Waals surface area (Å²) < 4.78 is 2.17. The Balaban J connectivity index is 2.03. The number of nitrogens with one attached hydrogen (secondary N) is 1. The maximum Gasteiger partial charge on any atom is 0.139 e. The van der Waals surface area contributed by atoms with Crippen LogP contribution in [0, 0.1) is 12.3 Å². The highest BCUT2D eigenvalue weighted by Gasteiger charge is 2.27. The maximum absolute atomic E-state index is 4.86. The van der Waals surface area contributed by atoms with Gasteiger partial charge in [0.1, 0.15) is 17.2 Å². The van der Waals surface area contributed by atoms with Gasteiger partial charge in [0.05, 0.1) is 0 Å². The highest BCUT2D eigenvalue weighted by atomic mass is 15.2. The standard InChI is InChI=1S/C24H31N3/c1-18-12-15-21-25-20(14-13-19-10-8-7-9-11-19)22(27(21)16-18)26-24(5,6)17-23(2,3)4/h7-16,26H,17H2,1-6H3/b14-13+. The molecule has 0 saturated carbocycles. The van der Waals surface area contributed by atoms with Crippen LogP contribution in [0.1, 0.15) is 57.9 Å². The lowest BCUT2D eigenvalue weighted by Gasteiger charge is -2.34. The molecule has 0 bridgehead atoms. The summed E-state index contributed by atoms with van der Waals surface area (Å²) >= 11 is 0. The molecule has 0 aliphatic carbocycles. The number of imidazole rings is 1. The monoisotopic (exact) mass is 361 g/mol. The second-order valence-electron chi connectivity index (χ2n) is 9.27. The average molecular weight is 362 g/mol. The summed E-state index contributed by atoms with van der Waals surface area (Å²) in [4.78, 5) is 4.86. The molecule has 0 aliphatic heterocycles. The van der Waals surface area contributed by atoms with Gasteiger partial charge in [0.25, 0.3) is 0 Å². The molecule has 1 N–H and O–H groups in total. The zero-order valence-corrected chi connectivity index (χ0v) is 17.4. The smallest absolute Gasteiger partial charge is 0.139 e. The zero-order valence-electron chi connectivity index (χ0n) is 17.4. The topological polar surface area (TPSA) is 29.3 Å². The fraction of sp³-hybridized carbons (Fsp3) is 0.375. The molecule has 0 radical (unpaired) electrons. The predicted molar refractivity (Wildman–Crippen MR) is 117 cm³/mol. The Hall–Kier alpha value is -2.55. The second kappa shape index (κ2) is 7.22. The van der Waals surface area contributed by atoms with Crippen molar-refractivity contribution in [3.8, 4) is 0 Å². The van der Waals surface area contributed by atoms with Crippen molar-refractivity contribution in [2.75, 3.05) is 5.32 Å². The quantitative estimate of drug-likeness (QED) is 0.566. The lowest BCUT2D eigenvalue weighted by Crippen LogP contribution is -2.36. The molecule has 0 unspecified atom stereocenters. The van der Waals surface area contributed by atoms with Crippen LogP contribution in [-0.2, 0) is 0 Å². The minimum absolute atomic E-state index is 0.0483. The van der Waals surface area contributed by atoms with E-state index in [1.807, 2.05) is 6.07 Å². The number of hydrogen-bond acceptors (Lipinski definition) is 2. The summed E-state index contributed by atoms with van der Waals surface area (Å²) in [6.07, 6.45) is 7.43. The van der Waals surface area contributed by atoms with Gasteiger partial charge in [-0.05, 0) is 55.9 Å². The third kappa shape index (κ3) is 5.00. The summed E-state index contributed by atoms with van der Waals surface area (Å²) in [5, 5.41) is 3.78. The van der Waals surface area contributed by atoms with Crippen LogP contribution in [-0.4, -0.2) is 14.9 Å². The van der Waals surface area contributed by atoms with Gasteiger partial charge >= 0.3 is 0 Å². The third-order valence-corrected chi connectivity index (χ3v) is 4.46. The van der Waals surface area contributed by atoms with Gasteiger partial charge in [-0.25, -0.2) is 4.98 Å². The van der Waals surface area contributed by atoms with Crippen LogP contribution in [0.15, 0.2) is 48.7 Å². The molecule has 27 heavy (non-hydrogen) atoms. The van der Waals surface area contributed by atoms with Gasteiger partial charge in [-0.15, -0.1) is 0 Å². The van der Waals surface area contributed by atoms with E-state index in [0.29, 0.717) is 0 Å². The Morgan fingerprint density at radius 1 is 0.963 bits per heavy atom. The Morgan fingerprint density at radius 2 is 1.67 bits per heavy atom. The number of pyridine rings is 1. The number of benzene rings is 1. The Morgan fingerprint density at radius 3 is 2.33 bits per heavy atom. The van der Waals surface area contributed by atoms with Crippen LogP contribution >= 0.6 is 0 Å². The first kappa shape index (κ1) is 19.2. The molecule has 1 aromatic carbocycles. The average Bonchev–Trinajstić information content (AvgIpc) is 2.88. The molecule has 0 atom stereocenters. The molecule has 3 rings (SSSR count). The molecular weight excluding hydrogens is 330 g/mol.